The minimum atomic E-state index is -1.10. The highest BCUT2D eigenvalue weighted by Gasteiger charge is 2.45. The number of rotatable bonds is 12. The van der Waals surface area contributed by atoms with E-state index in [0.717, 1.165) is 59.8 Å². The molecule has 4 amide bonds. The first kappa shape index (κ1) is 48.3. The van der Waals surface area contributed by atoms with Gasteiger partial charge in [-0.3, -0.25) is 24.1 Å². The van der Waals surface area contributed by atoms with Crippen molar-refractivity contribution in [3.63, 3.8) is 0 Å². The van der Waals surface area contributed by atoms with Crippen molar-refractivity contribution in [2.45, 2.75) is 94.9 Å². The van der Waals surface area contributed by atoms with E-state index in [9.17, 15) is 9.59 Å². The summed E-state index contributed by atoms with van der Waals surface area (Å²) >= 11 is 12.9. The molecule has 4 heterocycles. The number of methoxy groups -OCH3 is 1. The molecule has 4 aromatic carbocycles. The molecule has 3 fully saturated rings. The van der Waals surface area contributed by atoms with Gasteiger partial charge in [-0.2, -0.15) is 0 Å². The third kappa shape index (κ3) is 10.9. The molecule has 3 saturated heterocycles. The fourth-order valence-corrected chi connectivity index (χ4v) is 11.2. The van der Waals surface area contributed by atoms with Gasteiger partial charge in [-0.15, -0.1) is 0 Å². The zero-order valence-electron chi connectivity index (χ0n) is 39.6. The maximum Gasteiger partial charge on any atom is 0.245 e. The summed E-state index contributed by atoms with van der Waals surface area (Å²) in [4.78, 5) is 70.2. The molecule has 69 heavy (non-hydrogen) atoms. The van der Waals surface area contributed by atoms with Crippen LogP contribution in [0.2, 0.25) is 10.0 Å². The Morgan fingerprint density at radius 2 is 1.59 bits per heavy atom. The maximum atomic E-state index is 15.3. The molecule has 0 radical (unpaired) electrons. The zero-order chi connectivity index (χ0) is 48.2. The van der Waals surface area contributed by atoms with Gasteiger partial charge >= 0.3 is 0 Å². The SMILES string of the molecule is COC[C@@H]1NC(=O)[C@H](C)N(Cc2ccc(Cl)cc2Oc2ccc(-c3cnc(CN4CCCC4)n3C)cc2)C(=O)C[C@@H]([C@H]2CCc3ccccc32)C(=O)N2CCC[C@@](Cc3ccc(Cl)cc3)(C2)NC1=O. The lowest BCUT2D eigenvalue weighted by atomic mass is 9.80. The van der Waals surface area contributed by atoms with E-state index < -0.39 is 35.4 Å². The molecule has 5 atom stereocenters. The van der Waals surface area contributed by atoms with E-state index in [2.05, 4.69) is 32.2 Å². The lowest BCUT2D eigenvalue weighted by molar-refractivity contribution is -0.148. The van der Waals surface area contributed by atoms with Crippen LogP contribution in [0.5, 0.6) is 11.5 Å². The second-order valence-electron chi connectivity index (χ2n) is 19.3. The number of fused-ring (bicyclic) bond motifs is 3. The smallest absolute Gasteiger partial charge is 0.245 e. The van der Waals surface area contributed by atoms with Crippen LogP contribution in [0.3, 0.4) is 0 Å². The number of halogens is 2. The van der Waals surface area contributed by atoms with Crippen molar-refractivity contribution < 1.29 is 28.7 Å². The fourth-order valence-electron chi connectivity index (χ4n) is 10.9. The Morgan fingerprint density at radius 3 is 2.36 bits per heavy atom. The number of aryl methyl sites for hydroxylation is 1. The van der Waals surface area contributed by atoms with Crippen molar-refractivity contribution in [1.29, 1.82) is 0 Å². The van der Waals surface area contributed by atoms with Crippen LogP contribution >= 0.6 is 23.2 Å². The van der Waals surface area contributed by atoms with E-state index >= 15 is 9.59 Å². The number of ether oxygens (including phenoxy) is 2. The first-order valence-electron chi connectivity index (χ1n) is 24.2. The average molecular weight is 975 g/mol. The predicted octanol–water partition coefficient (Wildman–Crippen LogP) is 8.10. The number of nitrogens with one attached hydrogen (secondary N) is 2. The lowest BCUT2D eigenvalue weighted by Crippen LogP contribution is -2.65. The van der Waals surface area contributed by atoms with Crippen molar-refractivity contribution in [3.8, 4) is 22.8 Å². The van der Waals surface area contributed by atoms with Gasteiger partial charge in [0, 0.05) is 54.8 Å². The minimum absolute atomic E-state index is 0.0515. The van der Waals surface area contributed by atoms with E-state index in [4.69, 9.17) is 37.7 Å². The third-order valence-electron chi connectivity index (χ3n) is 14.6. The Labute approximate surface area is 414 Å². The molecule has 5 aromatic rings. The topological polar surface area (TPSA) is 138 Å². The molecule has 15 heteroatoms. The number of carbonyl (C=O) groups is 4. The monoisotopic (exact) mass is 973 g/mol. The molecule has 2 N–H and O–H groups in total. The quantitative estimate of drug-likeness (QED) is 0.128. The largest absolute Gasteiger partial charge is 0.457 e. The number of imidazole rings is 1. The highest BCUT2D eigenvalue weighted by molar-refractivity contribution is 6.31. The Hall–Kier alpha value is -5.73. The summed E-state index contributed by atoms with van der Waals surface area (Å²) in [5.74, 6) is -0.506. The summed E-state index contributed by atoms with van der Waals surface area (Å²) in [6.07, 6.45) is 7.33. The molecule has 9 rings (SSSR count). The molecule has 3 aliphatic heterocycles. The average Bonchev–Trinajstić information content (AvgIpc) is 4.12. The van der Waals surface area contributed by atoms with Crippen LogP contribution in [-0.4, -0.2) is 105 Å². The van der Waals surface area contributed by atoms with Gasteiger partial charge in [-0.1, -0.05) is 65.7 Å². The first-order chi connectivity index (χ1) is 33.4. The van der Waals surface area contributed by atoms with Crippen molar-refractivity contribution in [1.82, 2.24) is 34.9 Å². The number of amides is 4. The number of likely N-dealkylation sites (tertiary alicyclic amines) is 1. The molecule has 2 bridgehead atoms. The first-order valence-corrected chi connectivity index (χ1v) is 24.9. The predicted molar refractivity (Wildman–Crippen MR) is 266 cm³/mol. The number of aromatic nitrogens is 2. The Morgan fingerprint density at radius 1 is 0.841 bits per heavy atom. The van der Waals surface area contributed by atoms with Gasteiger partial charge in [0.1, 0.15) is 29.4 Å². The van der Waals surface area contributed by atoms with Crippen molar-refractivity contribution >= 4 is 46.8 Å². The van der Waals surface area contributed by atoms with Gasteiger partial charge in [-0.25, -0.2) is 4.98 Å². The van der Waals surface area contributed by atoms with Crippen molar-refractivity contribution in [2.24, 2.45) is 13.0 Å². The van der Waals surface area contributed by atoms with Crippen LogP contribution < -0.4 is 15.4 Å². The zero-order valence-corrected chi connectivity index (χ0v) is 41.1. The van der Waals surface area contributed by atoms with Gasteiger partial charge in [-0.05, 0) is 136 Å². The summed E-state index contributed by atoms with van der Waals surface area (Å²) in [6.45, 7) is 5.17. The second-order valence-corrected chi connectivity index (χ2v) is 20.2. The Bertz CT molecular complexity index is 2670. The van der Waals surface area contributed by atoms with E-state index in [-0.39, 0.29) is 43.8 Å². The van der Waals surface area contributed by atoms with Crippen LogP contribution in [0.4, 0.5) is 0 Å². The van der Waals surface area contributed by atoms with Crippen LogP contribution in [0, 0.1) is 5.92 Å². The summed E-state index contributed by atoms with van der Waals surface area (Å²) in [7, 11) is 3.51. The van der Waals surface area contributed by atoms with Gasteiger partial charge < -0.3 is 34.5 Å². The molecule has 1 aromatic heterocycles. The van der Waals surface area contributed by atoms with Crippen LogP contribution in [0.25, 0.3) is 11.3 Å². The Balaban J connectivity index is 1.03. The van der Waals surface area contributed by atoms with Crippen molar-refractivity contribution in [2.75, 3.05) is 39.9 Å². The van der Waals surface area contributed by atoms with Crippen LogP contribution in [-0.2, 0) is 56.9 Å². The van der Waals surface area contributed by atoms with E-state index in [1.165, 1.54) is 24.9 Å². The summed E-state index contributed by atoms with van der Waals surface area (Å²) in [6, 6.07) is 26.4. The third-order valence-corrected chi connectivity index (χ3v) is 15.1. The van der Waals surface area contributed by atoms with Gasteiger partial charge in [0.05, 0.1) is 43.0 Å². The standard InChI is InChI=1S/C54H61Cl2N7O6/c1-35-51(65)58-46(33-68-3)52(66)59-54(29-36-11-17-40(55)18-12-36)23-8-26-62(34-54)53(67)45(44-22-16-37-9-4-5-10-43(37)44)28-50(64)63(35)31-39-13-19-41(56)27-48(39)69-42-20-14-38(15-21-42)47-30-57-49(60(47)2)32-61-24-6-7-25-61/h4-5,9-15,17-21,27,30,35,44-46H,6-8,16,22-26,28-29,31-34H2,1-3H3,(H,58,65)(H,59,66)/t35-,44-,45-,46-,54+/m0/s1. The molecule has 1 aliphatic carbocycles. The minimum Gasteiger partial charge on any atom is -0.457 e. The molecule has 0 saturated carbocycles. The van der Waals surface area contributed by atoms with Gasteiger partial charge in [0.15, 0.2) is 0 Å². The highest BCUT2D eigenvalue weighted by atomic mass is 35.5. The number of hydrogen-bond acceptors (Lipinski definition) is 8. The number of nitrogens with zero attached hydrogens (tertiary/aromatic N) is 5. The molecule has 0 spiro atoms. The van der Waals surface area contributed by atoms with E-state index in [1.54, 1.807) is 25.1 Å². The molecular formula is C54H61Cl2N7O6. The van der Waals surface area contributed by atoms with Gasteiger partial charge in [0.25, 0.3) is 0 Å². The molecule has 362 valence electrons. The fraction of sp³-hybridized carbons (Fsp3) is 0.426. The summed E-state index contributed by atoms with van der Waals surface area (Å²) < 4.78 is 14.2. The molecular weight excluding hydrogens is 914 g/mol. The van der Waals surface area contributed by atoms with Crippen molar-refractivity contribution in [3.05, 3.63) is 135 Å². The number of piperidine rings is 1. The van der Waals surface area contributed by atoms with E-state index in [1.807, 2.05) is 78.8 Å². The second kappa shape index (κ2) is 21.1. The highest BCUT2D eigenvalue weighted by Crippen LogP contribution is 2.42. The summed E-state index contributed by atoms with van der Waals surface area (Å²) in [5.41, 5.74) is 4.87. The van der Waals surface area contributed by atoms with Crippen LogP contribution in [0.1, 0.15) is 79.4 Å². The number of benzene rings is 4. The molecule has 0 unspecified atom stereocenters. The Kier molecular flexibility index (Phi) is 14.8. The number of carbonyl (C=O) groups excluding carboxylic acids is 4. The molecule has 4 aliphatic rings. The van der Waals surface area contributed by atoms with Crippen LogP contribution in [0.15, 0.2) is 97.2 Å². The lowest BCUT2D eigenvalue weighted by Gasteiger charge is -2.46. The molecule has 13 nitrogen and oxygen atoms in total. The normalized spacial score (nSPS) is 23.7. The maximum absolute atomic E-state index is 15.3. The number of hydrogen-bond donors (Lipinski definition) is 2. The van der Waals surface area contributed by atoms with Gasteiger partial charge in [0.2, 0.25) is 23.6 Å². The van der Waals surface area contributed by atoms with E-state index in [0.29, 0.717) is 59.3 Å². The summed E-state index contributed by atoms with van der Waals surface area (Å²) in [5, 5.41) is 7.27.